The van der Waals surface area contributed by atoms with Gasteiger partial charge in [0.2, 0.25) is 0 Å². The van der Waals surface area contributed by atoms with E-state index < -0.39 is 11.7 Å². The van der Waals surface area contributed by atoms with Crippen molar-refractivity contribution in [3.63, 3.8) is 0 Å². The predicted molar refractivity (Wildman–Crippen MR) is 103 cm³/mol. The SMILES string of the molecule is CN=C(NCCc1ccc(C(F)(F)F)cc1)N1CCN(C(=O)c2ccco2)CC1. The fraction of sp³-hybridized carbons (Fsp3) is 0.400. The molecule has 3 rings (SSSR count). The third-order valence-corrected chi connectivity index (χ3v) is 4.79. The van der Waals surface area contributed by atoms with Crippen LogP contribution in [0.15, 0.2) is 52.1 Å². The highest BCUT2D eigenvalue weighted by Crippen LogP contribution is 2.29. The van der Waals surface area contributed by atoms with E-state index in [1.54, 1.807) is 24.1 Å². The van der Waals surface area contributed by atoms with Crippen LogP contribution in [0.5, 0.6) is 0 Å². The van der Waals surface area contributed by atoms with Gasteiger partial charge in [-0.1, -0.05) is 12.1 Å². The Labute approximate surface area is 167 Å². The molecule has 2 heterocycles. The lowest BCUT2D eigenvalue weighted by atomic mass is 10.1. The number of nitrogens with one attached hydrogen (secondary N) is 1. The minimum absolute atomic E-state index is 0.125. The zero-order chi connectivity index (χ0) is 20.9. The van der Waals surface area contributed by atoms with Gasteiger partial charge in [-0.2, -0.15) is 13.2 Å². The van der Waals surface area contributed by atoms with Crippen molar-refractivity contribution in [3.8, 4) is 0 Å². The largest absolute Gasteiger partial charge is 0.459 e. The lowest BCUT2D eigenvalue weighted by Gasteiger charge is -2.36. The molecule has 1 aliphatic rings. The van der Waals surface area contributed by atoms with E-state index in [4.69, 9.17) is 4.42 Å². The normalized spacial score (nSPS) is 15.5. The van der Waals surface area contributed by atoms with Crippen LogP contribution in [0.4, 0.5) is 13.2 Å². The van der Waals surface area contributed by atoms with Gasteiger partial charge in [-0.3, -0.25) is 9.79 Å². The van der Waals surface area contributed by atoms with Gasteiger partial charge in [0.15, 0.2) is 11.7 Å². The van der Waals surface area contributed by atoms with Gasteiger partial charge in [0.1, 0.15) is 0 Å². The van der Waals surface area contributed by atoms with Crippen LogP contribution in [0.2, 0.25) is 0 Å². The first kappa shape index (κ1) is 20.8. The van der Waals surface area contributed by atoms with E-state index >= 15 is 0 Å². The van der Waals surface area contributed by atoms with Gasteiger partial charge < -0.3 is 19.5 Å². The Morgan fingerprint density at radius 3 is 2.31 bits per heavy atom. The highest BCUT2D eigenvalue weighted by molar-refractivity contribution is 5.91. The van der Waals surface area contributed by atoms with Gasteiger partial charge in [-0.05, 0) is 36.2 Å². The zero-order valence-electron chi connectivity index (χ0n) is 16.1. The quantitative estimate of drug-likeness (QED) is 0.624. The molecular weight excluding hydrogens is 385 g/mol. The number of nitrogens with zero attached hydrogens (tertiary/aromatic N) is 3. The van der Waals surface area contributed by atoms with E-state index in [-0.39, 0.29) is 5.91 Å². The minimum Gasteiger partial charge on any atom is -0.459 e. The summed E-state index contributed by atoms with van der Waals surface area (Å²) in [6.07, 6.45) is -2.26. The summed E-state index contributed by atoms with van der Waals surface area (Å²) in [6, 6.07) is 8.51. The highest BCUT2D eigenvalue weighted by Gasteiger charge is 2.30. The van der Waals surface area contributed by atoms with Gasteiger partial charge in [0, 0.05) is 39.8 Å². The molecule has 0 atom stereocenters. The van der Waals surface area contributed by atoms with Gasteiger partial charge in [-0.15, -0.1) is 0 Å². The number of alkyl halides is 3. The number of furan rings is 1. The molecule has 0 aliphatic carbocycles. The van der Waals surface area contributed by atoms with Crippen LogP contribution in [-0.2, 0) is 12.6 Å². The van der Waals surface area contributed by atoms with E-state index in [2.05, 4.69) is 15.2 Å². The summed E-state index contributed by atoms with van der Waals surface area (Å²) in [6.45, 7) is 2.92. The van der Waals surface area contributed by atoms with Crippen LogP contribution in [0, 0.1) is 0 Å². The average molecular weight is 408 g/mol. The molecule has 0 unspecified atom stereocenters. The molecule has 2 aromatic rings. The molecule has 0 saturated carbocycles. The summed E-state index contributed by atoms with van der Waals surface area (Å²) in [5, 5.41) is 3.24. The Balaban J connectivity index is 1.46. The van der Waals surface area contributed by atoms with Crippen molar-refractivity contribution in [2.24, 2.45) is 4.99 Å². The summed E-state index contributed by atoms with van der Waals surface area (Å²) in [5.41, 5.74) is 0.168. The number of aliphatic imine (C=N–C) groups is 1. The van der Waals surface area contributed by atoms with Crippen molar-refractivity contribution >= 4 is 11.9 Å². The Kier molecular flexibility index (Phi) is 6.46. The second-order valence-electron chi connectivity index (χ2n) is 6.68. The Morgan fingerprint density at radius 2 is 1.76 bits per heavy atom. The fourth-order valence-corrected chi connectivity index (χ4v) is 3.19. The first-order valence-corrected chi connectivity index (χ1v) is 9.33. The number of carbonyl (C=O) groups is 1. The number of carbonyl (C=O) groups excluding carboxylic acids is 1. The Bertz CT molecular complexity index is 824. The molecule has 1 fully saturated rings. The first-order valence-electron chi connectivity index (χ1n) is 9.33. The number of hydrogen-bond donors (Lipinski definition) is 1. The second-order valence-corrected chi connectivity index (χ2v) is 6.68. The third kappa shape index (κ3) is 5.30. The van der Waals surface area contributed by atoms with Crippen molar-refractivity contribution in [3.05, 3.63) is 59.5 Å². The summed E-state index contributed by atoms with van der Waals surface area (Å²) >= 11 is 0. The summed E-state index contributed by atoms with van der Waals surface area (Å²) in [4.78, 5) is 20.4. The zero-order valence-corrected chi connectivity index (χ0v) is 16.1. The molecule has 1 aromatic heterocycles. The molecule has 1 amide bonds. The van der Waals surface area contributed by atoms with E-state index in [1.165, 1.54) is 18.4 Å². The van der Waals surface area contributed by atoms with Gasteiger partial charge in [0.25, 0.3) is 5.91 Å². The molecule has 156 valence electrons. The number of piperazine rings is 1. The number of guanidine groups is 1. The van der Waals surface area contributed by atoms with Gasteiger partial charge in [0.05, 0.1) is 11.8 Å². The maximum absolute atomic E-state index is 12.6. The van der Waals surface area contributed by atoms with Crippen molar-refractivity contribution in [2.75, 3.05) is 39.8 Å². The smallest absolute Gasteiger partial charge is 0.416 e. The number of amides is 1. The van der Waals surface area contributed by atoms with Crippen molar-refractivity contribution < 1.29 is 22.4 Å². The molecule has 29 heavy (non-hydrogen) atoms. The van der Waals surface area contributed by atoms with Gasteiger partial charge >= 0.3 is 6.18 Å². The van der Waals surface area contributed by atoms with Crippen LogP contribution in [0.25, 0.3) is 0 Å². The second kappa shape index (κ2) is 9.02. The predicted octanol–water partition coefficient (Wildman–Crippen LogP) is 2.87. The maximum atomic E-state index is 12.6. The fourth-order valence-electron chi connectivity index (χ4n) is 3.19. The highest BCUT2D eigenvalue weighted by atomic mass is 19.4. The first-order chi connectivity index (χ1) is 13.9. The van der Waals surface area contributed by atoms with Crippen LogP contribution in [-0.4, -0.2) is 61.4 Å². The summed E-state index contributed by atoms with van der Waals surface area (Å²) in [5.74, 6) is 0.916. The van der Waals surface area contributed by atoms with E-state index in [0.717, 1.165) is 17.7 Å². The molecule has 0 spiro atoms. The van der Waals surface area contributed by atoms with Gasteiger partial charge in [-0.25, -0.2) is 0 Å². The van der Waals surface area contributed by atoms with Crippen molar-refractivity contribution in [2.45, 2.75) is 12.6 Å². The molecule has 6 nitrogen and oxygen atoms in total. The van der Waals surface area contributed by atoms with E-state index in [1.807, 2.05) is 0 Å². The molecule has 1 saturated heterocycles. The van der Waals surface area contributed by atoms with Crippen LogP contribution in [0.1, 0.15) is 21.7 Å². The van der Waals surface area contributed by atoms with Crippen LogP contribution < -0.4 is 5.32 Å². The summed E-state index contributed by atoms with van der Waals surface area (Å²) in [7, 11) is 1.68. The van der Waals surface area contributed by atoms with E-state index in [0.29, 0.717) is 50.9 Å². The third-order valence-electron chi connectivity index (χ3n) is 4.79. The standard InChI is InChI=1S/C20H23F3N4O2/c1-24-19(25-9-8-15-4-6-16(7-5-15)20(21,22)23)27-12-10-26(11-13-27)18(28)17-3-2-14-29-17/h2-7,14H,8-13H2,1H3,(H,24,25). The summed E-state index contributed by atoms with van der Waals surface area (Å²) < 4.78 is 43.0. The number of benzene rings is 1. The Morgan fingerprint density at radius 1 is 1.10 bits per heavy atom. The van der Waals surface area contributed by atoms with Crippen molar-refractivity contribution in [1.82, 2.24) is 15.1 Å². The molecule has 0 radical (unpaired) electrons. The van der Waals surface area contributed by atoms with Crippen LogP contribution >= 0.6 is 0 Å². The maximum Gasteiger partial charge on any atom is 0.416 e. The molecule has 9 heteroatoms. The molecule has 1 aliphatic heterocycles. The minimum atomic E-state index is -4.32. The molecular formula is C20H23F3N4O2. The average Bonchev–Trinajstić information content (AvgIpc) is 3.25. The lowest BCUT2D eigenvalue weighted by Crippen LogP contribution is -2.54. The number of hydrogen-bond acceptors (Lipinski definition) is 3. The topological polar surface area (TPSA) is 61.1 Å². The van der Waals surface area contributed by atoms with Crippen LogP contribution in [0.3, 0.4) is 0 Å². The van der Waals surface area contributed by atoms with E-state index in [9.17, 15) is 18.0 Å². The monoisotopic (exact) mass is 408 g/mol. The number of rotatable bonds is 4. The van der Waals surface area contributed by atoms with Crippen molar-refractivity contribution in [1.29, 1.82) is 0 Å². The molecule has 1 N–H and O–H groups in total. The molecule has 1 aromatic carbocycles. The lowest BCUT2D eigenvalue weighted by molar-refractivity contribution is -0.137. The Hall–Kier alpha value is -2.97. The molecule has 0 bridgehead atoms. The number of halogens is 3.